The van der Waals surface area contributed by atoms with Crippen molar-refractivity contribution >= 4 is 22.7 Å². The molecule has 1 aromatic carbocycles. The number of epoxide rings is 1. The van der Waals surface area contributed by atoms with Gasteiger partial charge in [0.15, 0.2) is 5.65 Å². The number of fused-ring (bicyclic) bond motifs is 1. The Morgan fingerprint density at radius 3 is 2.79 bits per heavy atom. The molecule has 4 heterocycles. The highest BCUT2D eigenvalue weighted by Crippen LogP contribution is 2.38. The summed E-state index contributed by atoms with van der Waals surface area (Å²) < 4.78 is 24.2. The normalized spacial score (nSPS) is 17.6. The van der Waals surface area contributed by atoms with Gasteiger partial charge in [0.1, 0.15) is 24.0 Å². The Balaban J connectivity index is 1.72. The Labute approximate surface area is 199 Å². The summed E-state index contributed by atoms with van der Waals surface area (Å²) in [7, 11) is 0. The van der Waals surface area contributed by atoms with Gasteiger partial charge >= 0.3 is 5.97 Å². The minimum Gasteiger partial charge on any atom is -0.491 e. The molecule has 0 saturated carbocycles. The number of ether oxygens (including phenoxy) is 4. The summed E-state index contributed by atoms with van der Waals surface area (Å²) in [6.07, 6.45) is 3.36. The summed E-state index contributed by atoms with van der Waals surface area (Å²) in [6, 6.07) is 11.0. The molecule has 0 aliphatic carbocycles. The Bertz CT molecular complexity index is 1180. The van der Waals surface area contributed by atoms with Gasteiger partial charge in [-0.25, -0.2) is 9.78 Å². The largest absolute Gasteiger partial charge is 0.491 e. The summed E-state index contributed by atoms with van der Waals surface area (Å²) in [5, 5.41) is 0.765. The van der Waals surface area contributed by atoms with Crippen LogP contribution in [0, 0.1) is 12.3 Å². The van der Waals surface area contributed by atoms with Crippen LogP contribution in [-0.4, -0.2) is 67.7 Å². The number of hydrogen-bond donors (Lipinski definition) is 0. The fourth-order valence-electron chi connectivity index (χ4n) is 4.19. The number of nitrogens with zero attached hydrogens (tertiary/aromatic N) is 3. The van der Waals surface area contributed by atoms with Crippen LogP contribution < -0.4 is 9.64 Å². The van der Waals surface area contributed by atoms with Crippen molar-refractivity contribution in [1.29, 1.82) is 0 Å². The third-order valence-electron chi connectivity index (χ3n) is 5.95. The second-order valence-electron chi connectivity index (χ2n) is 8.70. The topological polar surface area (TPSA) is 78.3 Å². The first-order valence-corrected chi connectivity index (χ1v) is 11.8. The predicted octanol–water partition coefficient (Wildman–Crippen LogP) is 3.68. The molecule has 1 unspecified atom stereocenters. The maximum absolute atomic E-state index is 13.4. The molecule has 2 fully saturated rings. The van der Waals surface area contributed by atoms with E-state index in [9.17, 15) is 4.79 Å². The van der Waals surface area contributed by atoms with Crippen molar-refractivity contribution in [2.45, 2.75) is 32.9 Å². The average molecular weight is 464 g/mol. The van der Waals surface area contributed by atoms with E-state index < -0.39 is 5.97 Å². The zero-order valence-electron chi connectivity index (χ0n) is 19.8. The molecule has 0 N–H and O–H groups in total. The predicted molar refractivity (Wildman–Crippen MR) is 127 cm³/mol. The van der Waals surface area contributed by atoms with Crippen LogP contribution in [0.3, 0.4) is 0 Å². The number of morpholine rings is 1. The van der Waals surface area contributed by atoms with Crippen LogP contribution in [0.1, 0.15) is 37.2 Å². The van der Waals surface area contributed by atoms with Crippen LogP contribution in [0.25, 0.3) is 22.3 Å². The molecule has 0 amide bonds. The summed E-state index contributed by atoms with van der Waals surface area (Å²) in [5.41, 5.74) is 3.28. The molecule has 8 heteroatoms. The summed E-state index contributed by atoms with van der Waals surface area (Å²) in [5.74, 6) is 0.298. The Kier molecular flexibility index (Phi) is 6.31. The molecule has 0 radical (unpaired) electrons. The van der Waals surface area contributed by atoms with Gasteiger partial charge in [0, 0.05) is 30.9 Å². The summed E-state index contributed by atoms with van der Waals surface area (Å²) in [6.45, 7) is 9.96. The average Bonchev–Trinajstić information content (AvgIpc) is 3.59. The molecule has 3 aromatic rings. The van der Waals surface area contributed by atoms with E-state index in [1.807, 2.05) is 35.8 Å². The molecule has 5 rings (SSSR count). The Morgan fingerprint density at radius 2 is 2.09 bits per heavy atom. The van der Waals surface area contributed by atoms with Gasteiger partial charge in [-0.2, -0.15) is 0 Å². The van der Waals surface area contributed by atoms with E-state index in [1.165, 1.54) is 0 Å². The van der Waals surface area contributed by atoms with Gasteiger partial charge in [0.05, 0.1) is 43.2 Å². The number of hydrogen-bond acceptors (Lipinski definition) is 7. The minimum atomic E-state index is -0.406. The van der Waals surface area contributed by atoms with Crippen molar-refractivity contribution in [3.63, 3.8) is 0 Å². The molecule has 2 aliphatic rings. The molecule has 2 aliphatic heterocycles. The fourth-order valence-corrected chi connectivity index (χ4v) is 4.19. The van der Waals surface area contributed by atoms with Crippen LogP contribution >= 0.6 is 0 Å². The van der Waals surface area contributed by atoms with Gasteiger partial charge in [-0.1, -0.05) is 12.1 Å². The molecular weight excluding hydrogens is 434 g/mol. The molecule has 34 heavy (non-hydrogen) atoms. The second-order valence-corrected chi connectivity index (χ2v) is 8.70. The van der Waals surface area contributed by atoms with E-state index in [4.69, 9.17) is 23.9 Å². The van der Waals surface area contributed by atoms with Crippen LogP contribution in [0.2, 0.25) is 0 Å². The van der Waals surface area contributed by atoms with Crippen LogP contribution in [0.15, 0.2) is 24.3 Å². The molecule has 2 aromatic heterocycles. The number of benzene rings is 1. The number of carbonyl (C=O) groups excluding carboxylic acids is 1. The number of rotatable bonds is 8. The maximum Gasteiger partial charge on any atom is 0.342 e. The molecule has 1 atom stereocenters. The number of aromatic nitrogens is 2. The number of anilines is 1. The van der Waals surface area contributed by atoms with Gasteiger partial charge in [-0.15, -0.1) is 0 Å². The smallest absolute Gasteiger partial charge is 0.342 e. The lowest BCUT2D eigenvalue weighted by Crippen LogP contribution is -2.37. The Hall–Kier alpha value is -3.28. The van der Waals surface area contributed by atoms with E-state index in [-0.39, 0.29) is 18.8 Å². The minimum absolute atomic E-state index is 0.133. The van der Waals surface area contributed by atoms with E-state index in [1.54, 1.807) is 0 Å². The maximum atomic E-state index is 13.4. The quantitative estimate of drug-likeness (QED) is 0.373. The van der Waals surface area contributed by atoms with E-state index in [0.717, 1.165) is 28.9 Å². The first kappa shape index (κ1) is 22.5. The zero-order valence-corrected chi connectivity index (χ0v) is 19.8. The Morgan fingerprint density at radius 1 is 1.29 bits per heavy atom. The van der Waals surface area contributed by atoms with E-state index in [0.29, 0.717) is 49.9 Å². The molecule has 8 nitrogen and oxygen atoms in total. The van der Waals surface area contributed by atoms with Gasteiger partial charge in [0.2, 0.25) is 0 Å². The molecule has 0 bridgehead atoms. The third kappa shape index (κ3) is 4.41. The lowest BCUT2D eigenvalue weighted by atomic mass is 10.0. The molecule has 0 spiro atoms. The lowest BCUT2D eigenvalue weighted by Gasteiger charge is -2.31. The SMILES string of the molecule is CCOC(=O)c1c(-c2cccc(OCC3CO3)c2)nc2c(c#cn2C(C)C)c1N1CCOCC1. The number of carbonyl (C=O) groups is 1. The standard InChI is InChI=1S/C26H29N3O5/c1-4-32-26(30)22-23(18-6-5-7-19(14-18)33-15-20-16-34-20)27-25-21(8-9-29(25)17(2)3)24(22)28-10-12-31-13-11-28/h5-7,14,17,20H,4,10-13,15-16H2,1-3H3. The highest BCUT2D eigenvalue weighted by Gasteiger charge is 2.30. The van der Waals surface area contributed by atoms with Crippen molar-refractivity contribution in [2.75, 3.05) is 51.0 Å². The van der Waals surface area contributed by atoms with Crippen LogP contribution in [0.4, 0.5) is 5.69 Å². The van der Waals surface area contributed by atoms with Crippen molar-refractivity contribution < 1.29 is 23.7 Å². The van der Waals surface area contributed by atoms with Crippen molar-refractivity contribution in [1.82, 2.24) is 9.55 Å². The highest BCUT2D eigenvalue weighted by molar-refractivity contribution is 6.09. The molecule has 2 saturated heterocycles. The van der Waals surface area contributed by atoms with Gasteiger partial charge in [-0.05, 0) is 39.0 Å². The van der Waals surface area contributed by atoms with Crippen molar-refractivity contribution in [2.24, 2.45) is 0 Å². The zero-order chi connectivity index (χ0) is 23.7. The van der Waals surface area contributed by atoms with Crippen molar-refractivity contribution in [3.05, 3.63) is 42.1 Å². The van der Waals surface area contributed by atoms with Gasteiger partial charge in [-0.3, -0.25) is 4.57 Å². The van der Waals surface area contributed by atoms with E-state index in [2.05, 4.69) is 31.0 Å². The first-order valence-electron chi connectivity index (χ1n) is 11.8. The fraction of sp³-hybridized carbons (Fsp3) is 0.462. The van der Waals surface area contributed by atoms with E-state index >= 15 is 0 Å². The van der Waals surface area contributed by atoms with Gasteiger partial charge in [0.25, 0.3) is 0 Å². The highest BCUT2D eigenvalue weighted by atomic mass is 16.6. The lowest BCUT2D eigenvalue weighted by molar-refractivity contribution is 0.0527. The van der Waals surface area contributed by atoms with Crippen LogP contribution in [0.5, 0.6) is 5.75 Å². The summed E-state index contributed by atoms with van der Waals surface area (Å²) in [4.78, 5) is 20.6. The molecule has 178 valence electrons. The number of esters is 1. The van der Waals surface area contributed by atoms with Crippen molar-refractivity contribution in [3.8, 4) is 17.0 Å². The third-order valence-corrected chi connectivity index (χ3v) is 5.95. The van der Waals surface area contributed by atoms with Gasteiger partial charge < -0.3 is 23.8 Å². The first-order chi connectivity index (χ1) is 16.6. The summed E-state index contributed by atoms with van der Waals surface area (Å²) >= 11 is 0. The second kappa shape index (κ2) is 9.53. The monoisotopic (exact) mass is 463 g/mol. The molecular formula is C26H29N3O5. The number of pyridine rings is 1. The van der Waals surface area contributed by atoms with Crippen LogP contribution in [-0.2, 0) is 14.2 Å².